The summed E-state index contributed by atoms with van der Waals surface area (Å²) in [6.07, 6.45) is -0.307. The minimum atomic E-state index is -1.42. The van der Waals surface area contributed by atoms with Crippen LogP contribution >= 0.6 is 15.9 Å². The van der Waals surface area contributed by atoms with Gasteiger partial charge >= 0.3 is 47.5 Å². The number of hydrogen-bond donors (Lipinski definition) is 0. The topological polar surface area (TPSA) is 78.9 Å². The van der Waals surface area contributed by atoms with Crippen molar-refractivity contribution < 1.29 is 33.0 Å². The van der Waals surface area contributed by atoms with Crippen LogP contribution < -0.4 is 0 Å². The molecule has 0 aliphatic carbocycles. The molecule has 0 aliphatic heterocycles. The predicted molar refractivity (Wildman–Crippen MR) is 102 cm³/mol. The summed E-state index contributed by atoms with van der Waals surface area (Å²) in [5, 5.41) is 0. The number of carbonyl (C=O) groups excluding carboxylic acids is 3. The maximum absolute atomic E-state index is 13.8. The summed E-state index contributed by atoms with van der Waals surface area (Å²) >= 11 is 3.28. The summed E-state index contributed by atoms with van der Waals surface area (Å²) in [4.78, 5) is 36.9. The number of ether oxygens (including phenoxy) is 3. The molecule has 146 valence electrons. The summed E-state index contributed by atoms with van der Waals surface area (Å²) < 4.78 is 29.1. The first-order valence-corrected chi connectivity index (χ1v) is 9.08. The van der Waals surface area contributed by atoms with Gasteiger partial charge in [-0.1, -0.05) is 15.9 Å². The van der Waals surface area contributed by atoms with E-state index in [0.717, 1.165) is 0 Å². The number of halogens is 2. The van der Waals surface area contributed by atoms with E-state index in [-0.39, 0.29) is 61.4 Å². The van der Waals surface area contributed by atoms with Crippen molar-refractivity contribution in [3.63, 3.8) is 0 Å². The van der Waals surface area contributed by atoms with Crippen molar-refractivity contribution in [2.24, 2.45) is 5.92 Å². The number of benzene rings is 1. The van der Waals surface area contributed by atoms with Gasteiger partial charge in [-0.15, -0.1) is 0 Å². The first kappa shape index (κ1) is 26.0. The number of carbonyl (C=O) groups is 3. The maximum atomic E-state index is 13.8. The van der Waals surface area contributed by atoms with Crippen LogP contribution in [0.5, 0.6) is 0 Å². The van der Waals surface area contributed by atoms with Crippen molar-refractivity contribution >= 4 is 63.4 Å². The number of hydrogen-bond acceptors (Lipinski definition) is 6. The van der Waals surface area contributed by atoms with E-state index in [1.54, 1.807) is 20.8 Å². The molecule has 0 saturated heterocycles. The Hall–Kier alpha value is -0.960. The molecule has 27 heavy (non-hydrogen) atoms. The fourth-order valence-electron chi connectivity index (χ4n) is 2.49. The molecule has 9 heteroatoms. The van der Waals surface area contributed by atoms with Gasteiger partial charge in [-0.3, -0.25) is 14.4 Å². The third kappa shape index (κ3) is 7.89. The quantitative estimate of drug-likeness (QED) is 0.246. The molecule has 0 aromatic heterocycles. The van der Waals surface area contributed by atoms with Crippen molar-refractivity contribution in [2.45, 2.75) is 33.1 Å². The van der Waals surface area contributed by atoms with Crippen LogP contribution in [0, 0.1) is 11.7 Å². The Kier molecular flexibility index (Phi) is 12.8. The van der Waals surface area contributed by atoms with Gasteiger partial charge in [0.25, 0.3) is 0 Å². The normalized spacial score (nSPS) is 11.3. The zero-order valence-corrected chi connectivity index (χ0v) is 16.5. The summed E-state index contributed by atoms with van der Waals surface area (Å²) in [6, 6.07) is 3.83. The molecule has 0 saturated carbocycles. The van der Waals surface area contributed by atoms with Gasteiger partial charge in [0.05, 0.1) is 26.2 Å². The monoisotopic (exact) mass is 456 g/mol. The predicted octanol–water partition coefficient (Wildman–Crippen LogP) is 2.72. The molecular weight excluding hydrogens is 434 g/mol. The van der Waals surface area contributed by atoms with Gasteiger partial charge < -0.3 is 14.2 Å². The summed E-state index contributed by atoms with van der Waals surface area (Å²) in [7, 11) is 0. The first-order valence-electron chi connectivity index (χ1n) is 8.29. The Labute approximate surface area is 188 Å². The Morgan fingerprint density at radius 2 is 1.52 bits per heavy atom. The van der Waals surface area contributed by atoms with Crippen LogP contribution in [-0.4, -0.2) is 67.3 Å². The molecule has 1 atom stereocenters. The third-order valence-electron chi connectivity index (χ3n) is 3.53. The van der Waals surface area contributed by atoms with Crippen LogP contribution in [0.4, 0.5) is 4.39 Å². The SMILES string of the molecule is CCOC(=O)CC(c1cc(F)ccc1Br)C(C(=O)OCC)C(=O)OCC.[NaH]. The molecule has 1 aromatic rings. The molecule has 1 rings (SSSR count). The zero-order chi connectivity index (χ0) is 19.7. The van der Waals surface area contributed by atoms with Crippen molar-refractivity contribution in [3.05, 3.63) is 34.1 Å². The molecule has 1 aromatic carbocycles. The molecule has 0 N–H and O–H groups in total. The molecule has 0 spiro atoms. The van der Waals surface area contributed by atoms with E-state index < -0.39 is 35.6 Å². The molecule has 0 bridgehead atoms. The van der Waals surface area contributed by atoms with Crippen molar-refractivity contribution in [1.29, 1.82) is 0 Å². The van der Waals surface area contributed by atoms with Crippen LogP contribution in [-0.2, 0) is 28.6 Å². The summed E-state index contributed by atoms with van der Waals surface area (Å²) in [5.41, 5.74) is 0.282. The second-order valence-corrected chi connectivity index (χ2v) is 6.12. The van der Waals surface area contributed by atoms with Gasteiger partial charge in [-0.2, -0.15) is 0 Å². The molecule has 0 aliphatic rings. The Balaban J connectivity index is 0.00000676. The number of esters is 3. The van der Waals surface area contributed by atoms with E-state index >= 15 is 0 Å². The third-order valence-corrected chi connectivity index (χ3v) is 4.26. The summed E-state index contributed by atoms with van der Waals surface area (Å²) in [5.74, 6) is -5.28. The fourth-order valence-corrected chi connectivity index (χ4v) is 3.04. The molecule has 1 unspecified atom stereocenters. The molecular formula is C18H23BrFNaO6. The van der Waals surface area contributed by atoms with Crippen LogP contribution in [0.25, 0.3) is 0 Å². The average Bonchev–Trinajstić information content (AvgIpc) is 2.57. The second-order valence-electron chi connectivity index (χ2n) is 5.26. The van der Waals surface area contributed by atoms with Gasteiger partial charge in [0.15, 0.2) is 5.92 Å². The number of rotatable bonds is 9. The molecule has 0 fully saturated rings. The van der Waals surface area contributed by atoms with Gasteiger partial charge in [0.1, 0.15) is 5.82 Å². The van der Waals surface area contributed by atoms with Crippen LogP contribution in [0.2, 0.25) is 0 Å². The molecule has 0 amide bonds. The van der Waals surface area contributed by atoms with E-state index in [0.29, 0.717) is 4.47 Å². The molecule has 0 heterocycles. The summed E-state index contributed by atoms with van der Waals surface area (Å²) in [6.45, 7) is 5.06. The van der Waals surface area contributed by atoms with Crippen molar-refractivity contribution in [3.8, 4) is 0 Å². The Bertz CT molecular complexity index is 637. The van der Waals surface area contributed by atoms with Crippen LogP contribution in [0.1, 0.15) is 38.7 Å². The van der Waals surface area contributed by atoms with Gasteiger partial charge in [-0.05, 0) is 44.5 Å². The Morgan fingerprint density at radius 3 is 2.00 bits per heavy atom. The molecule has 6 nitrogen and oxygen atoms in total. The zero-order valence-electron chi connectivity index (χ0n) is 14.9. The van der Waals surface area contributed by atoms with Crippen molar-refractivity contribution in [1.82, 2.24) is 0 Å². The van der Waals surface area contributed by atoms with E-state index in [4.69, 9.17) is 14.2 Å². The van der Waals surface area contributed by atoms with Gasteiger partial charge in [-0.25, -0.2) is 4.39 Å². The van der Waals surface area contributed by atoms with E-state index in [2.05, 4.69) is 15.9 Å². The van der Waals surface area contributed by atoms with E-state index in [1.165, 1.54) is 18.2 Å². The molecule has 0 radical (unpaired) electrons. The van der Waals surface area contributed by atoms with Crippen LogP contribution in [0.15, 0.2) is 22.7 Å². The van der Waals surface area contributed by atoms with E-state index in [1.807, 2.05) is 0 Å². The first-order chi connectivity index (χ1) is 12.3. The Morgan fingerprint density at radius 1 is 1.00 bits per heavy atom. The average molecular weight is 457 g/mol. The van der Waals surface area contributed by atoms with E-state index in [9.17, 15) is 18.8 Å². The standard InChI is InChI=1S/C18H22BrFO6.Na.H/c1-4-24-15(21)10-13(12-9-11(20)7-8-14(12)19)16(17(22)25-5-2)18(23)26-6-3;;/h7-9,13,16H,4-6,10H2,1-3H3;;. The minimum absolute atomic E-state index is 0. The van der Waals surface area contributed by atoms with Gasteiger partial charge in [0, 0.05) is 10.4 Å². The van der Waals surface area contributed by atoms with Crippen molar-refractivity contribution in [2.75, 3.05) is 19.8 Å². The van der Waals surface area contributed by atoms with Crippen LogP contribution in [0.3, 0.4) is 0 Å². The second kappa shape index (κ2) is 13.3. The van der Waals surface area contributed by atoms with Gasteiger partial charge in [0.2, 0.25) is 0 Å². The fraction of sp³-hybridized carbons (Fsp3) is 0.500.